The van der Waals surface area contributed by atoms with Crippen LogP contribution in [0.5, 0.6) is 11.5 Å². The SMILES string of the molecule is COc1ccc(CNC(=O)c2ccccc2OCc2noc(C)n2)cc1. The highest BCUT2D eigenvalue weighted by molar-refractivity contribution is 5.96. The van der Waals surface area contributed by atoms with E-state index in [0.29, 0.717) is 29.6 Å². The van der Waals surface area contributed by atoms with E-state index in [0.717, 1.165) is 11.3 Å². The van der Waals surface area contributed by atoms with Crippen molar-refractivity contribution in [2.75, 3.05) is 7.11 Å². The summed E-state index contributed by atoms with van der Waals surface area (Å²) in [5.74, 6) is 1.91. The van der Waals surface area contributed by atoms with E-state index in [1.54, 1.807) is 38.3 Å². The second-order valence-electron chi connectivity index (χ2n) is 5.55. The van der Waals surface area contributed by atoms with Gasteiger partial charge in [-0.05, 0) is 29.8 Å². The molecule has 0 spiro atoms. The highest BCUT2D eigenvalue weighted by atomic mass is 16.5. The van der Waals surface area contributed by atoms with Gasteiger partial charge in [0.15, 0.2) is 6.61 Å². The Morgan fingerprint density at radius 2 is 1.92 bits per heavy atom. The summed E-state index contributed by atoms with van der Waals surface area (Å²) in [6.07, 6.45) is 0. The molecule has 0 aliphatic rings. The van der Waals surface area contributed by atoms with Crippen LogP contribution in [0.15, 0.2) is 53.1 Å². The molecule has 0 atom stereocenters. The van der Waals surface area contributed by atoms with Crippen LogP contribution in [0.4, 0.5) is 0 Å². The third-order valence-electron chi connectivity index (χ3n) is 3.67. The van der Waals surface area contributed by atoms with E-state index in [4.69, 9.17) is 14.0 Å². The van der Waals surface area contributed by atoms with Crippen molar-refractivity contribution >= 4 is 5.91 Å². The molecule has 2 aromatic carbocycles. The summed E-state index contributed by atoms with van der Waals surface area (Å²) in [6, 6.07) is 14.5. The molecule has 0 saturated heterocycles. The fraction of sp³-hybridized carbons (Fsp3) is 0.211. The van der Waals surface area contributed by atoms with E-state index in [1.807, 2.05) is 24.3 Å². The summed E-state index contributed by atoms with van der Waals surface area (Å²) in [4.78, 5) is 16.6. The van der Waals surface area contributed by atoms with Crippen molar-refractivity contribution in [2.45, 2.75) is 20.1 Å². The summed E-state index contributed by atoms with van der Waals surface area (Å²) in [5, 5.41) is 6.66. The topological polar surface area (TPSA) is 86.5 Å². The Labute approximate surface area is 150 Å². The van der Waals surface area contributed by atoms with Crippen LogP contribution in [0.1, 0.15) is 27.6 Å². The molecule has 0 aliphatic carbocycles. The number of carbonyl (C=O) groups is 1. The predicted molar refractivity (Wildman–Crippen MR) is 94.0 cm³/mol. The second-order valence-corrected chi connectivity index (χ2v) is 5.55. The quantitative estimate of drug-likeness (QED) is 0.703. The molecule has 7 nitrogen and oxygen atoms in total. The molecule has 0 bridgehead atoms. The number of para-hydroxylation sites is 1. The number of ether oxygens (including phenoxy) is 2. The number of rotatable bonds is 7. The molecule has 3 aromatic rings. The molecular formula is C19H19N3O4. The van der Waals surface area contributed by atoms with Gasteiger partial charge in [0.05, 0.1) is 12.7 Å². The molecule has 7 heteroatoms. The van der Waals surface area contributed by atoms with Gasteiger partial charge in [-0.1, -0.05) is 29.4 Å². The molecule has 0 saturated carbocycles. The second kappa shape index (κ2) is 8.15. The number of aromatic nitrogens is 2. The number of amides is 1. The average molecular weight is 353 g/mol. The van der Waals surface area contributed by atoms with E-state index in [9.17, 15) is 4.79 Å². The molecule has 1 N–H and O–H groups in total. The number of aryl methyl sites for hydroxylation is 1. The third-order valence-corrected chi connectivity index (χ3v) is 3.67. The van der Waals surface area contributed by atoms with Crippen LogP contribution in [0.2, 0.25) is 0 Å². The minimum atomic E-state index is -0.222. The standard InChI is InChI=1S/C19H19N3O4/c1-13-21-18(22-26-13)12-25-17-6-4-3-5-16(17)19(23)20-11-14-7-9-15(24-2)10-8-14/h3-10H,11-12H2,1-2H3,(H,20,23). The van der Waals surface area contributed by atoms with Gasteiger partial charge in [-0.2, -0.15) is 4.98 Å². The lowest BCUT2D eigenvalue weighted by Crippen LogP contribution is -2.23. The first-order valence-electron chi connectivity index (χ1n) is 8.08. The zero-order valence-electron chi connectivity index (χ0n) is 14.6. The predicted octanol–water partition coefficient (Wildman–Crippen LogP) is 2.90. The smallest absolute Gasteiger partial charge is 0.255 e. The summed E-state index contributed by atoms with van der Waals surface area (Å²) < 4.78 is 15.7. The van der Waals surface area contributed by atoms with Crippen molar-refractivity contribution in [1.29, 1.82) is 0 Å². The van der Waals surface area contributed by atoms with E-state index >= 15 is 0 Å². The van der Waals surface area contributed by atoms with E-state index < -0.39 is 0 Å². The Morgan fingerprint density at radius 3 is 2.62 bits per heavy atom. The van der Waals surface area contributed by atoms with Crippen molar-refractivity contribution in [3.8, 4) is 11.5 Å². The van der Waals surface area contributed by atoms with Crippen LogP contribution in [0, 0.1) is 6.92 Å². The molecule has 1 aromatic heterocycles. The highest BCUT2D eigenvalue weighted by Gasteiger charge is 2.13. The average Bonchev–Trinajstić information content (AvgIpc) is 3.10. The summed E-state index contributed by atoms with van der Waals surface area (Å²) >= 11 is 0. The maximum Gasteiger partial charge on any atom is 0.255 e. The van der Waals surface area contributed by atoms with Crippen LogP contribution in [0.3, 0.4) is 0 Å². The van der Waals surface area contributed by atoms with Crippen LogP contribution in [-0.4, -0.2) is 23.2 Å². The largest absolute Gasteiger partial charge is 0.497 e. The van der Waals surface area contributed by atoms with Crippen LogP contribution < -0.4 is 14.8 Å². The van der Waals surface area contributed by atoms with Crippen molar-refractivity contribution in [1.82, 2.24) is 15.5 Å². The number of carbonyl (C=O) groups excluding carboxylic acids is 1. The number of nitrogens with one attached hydrogen (secondary N) is 1. The van der Waals surface area contributed by atoms with Crippen molar-refractivity contribution in [3.63, 3.8) is 0 Å². The van der Waals surface area contributed by atoms with Gasteiger partial charge in [-0.15, -0.1) is 0 Å². The molecule has 0 fully saturated rings. The number of nitrogens with zero attached hydrogens (tertiary/aromatic N) is 2. The zero-order valence-corrected chi connectivity index (χ0v) is 14.6. The van der Waals surface area contributed by atoms with Crippen molar-refractivity contribution in [3.05, 3.63) is 71.4 Å². The first-order chi connectivity index (χ1) is 12.7. The maximum atomic E-state index is 12.5. The van der Waals surface area contributed by atoms with E-state index in [2.05, 4.69) is 15.5 Å². The molecule has 26 heavy (non-hydrogen) atoms. The Bertz CT molecular complexity index is 875. The Balaban J connectivity index is 1.63. The lowest BCUT2D eigenvalue weighted by molar-refractivity contribution is 0.0946. The van der Waals surface area contributed by atoms with Gasteiger partial charge in [-0.3, -0.25) is 4.79 Å². The van der Waals surface area contributed by atoms with E-state index in [-0.39, 0.29) is 12.5 Å². The molecule has 1 amide bonds. The normalized spacial score (nSPS) is 10.4. The molecule has 1 heterocycles. The van der Waals surface area contributed by atoms with Crippen molar-refractivity contribution in [2.24, 2.45) is 0 Å². The monoisotopic (exact) mass is 353 g/mol. The molecule has 0 aliphatic heterocycles. The Kier molecular flexibility index (Phi) is 5.48. The summed E-state index contributed by atoms with van der Waals surface area (Å²) in [6.45, 7) is 2.23. The molecular weight excluding hydrogens is 334 g/mol. The molecule has 3 rings (SSSR count). The van der Waals surface area contributed by atoms with Crippen LogP contribution in [-0.2, 0) is 13.2 Å². The zero-order chi connectivity index (χ0) is 18.4. The fourth-order valence-electron chi connectivity index (χ4n) is 2.34. The fourth-order valence-corrected chi connectivity index (χ4v) is 2.34. The van der Waals surface area contributed by atoms with Gasteiger partial charge in [-0.25, -0.2) is 0 Å². The van der Waals surface area contributed by atoms with Gasteiger partial charge in [0.25, 0.3) is 5.91 Å². The minimum absolute atomic E-state index is 0.125. The lowest BCUT2D eigenvalue weighted by Gasteiger charge is -2.11. The number of methoxy groups -OCH3 is 1. The Hall–Kier alpha value is -3.35. The third kappa shape index (κ3) is 4.38. The molecule has 134 valence electrons. The van der Waals surface area contributed by atoms with Gasteiger partial charge in [0.2, 0.25) is 11.7 Å². The van der Waals surface area contributed by atoms with Gasteiger partial charge < -0.3 is 19.3 Å². The summed E-state index contributed by atoms with van der Waals surface area (Å²) in [7, 11) is 1.61. The van der Waals surface area contributed by atoms with Crippen LogP contribution >= 0.6 is 0 Å². The number of benzene rings is 2. The first-order valence-corrected chi connectivity index (χ1v) is 8.08. The maximum absolute atomic E-state index is 12.5. The number of hydrogen-bond donors (Lipinski definition) is 1. The van der Waals surface area contributed by atoms with Crippen LogP contribution in [0.25, 0.3) is 0 Å². The number of hydrogen-bond acceptors (Lipinski definition) is 6. The van der Waals surface area contributed by atoms with Gasteiger partial charge in [0.1, 0.15) is 11.5 Å². The van der Waals surface area contributed by atoms with E-state index in [1.165, 1.54) is 0 Å². The first kappa shape index (κ1) is 17.5. The van der Waals surface area contributed by atoms with Crippen molar-refractivity contribution < 1.29 is 18.8 Å². The van der Waals surface area contributed by atoms with Gasteiger partial charge >= 0.3 is 0 Å². The van der Waals surface area contributed by atoms with Gasteiger partial charge in [0, 0.05) is 13.5 Å². The summed E-state index contributed by atoms with van der Waals surface area (Å²) in [5.41, 5.74) is 1.42. The lowest BCUT2D eigenvalue weighted by atomic mass is 10.1. The molecule has 0 unspecified atom stereocenters. The molecule has 0 radical (unpaired) electrons. The minimum Gasteiger partial charge on any atom is -0.497 e. The highest BCUT2D eigenvalue weighted by Crippen LogP contribution is 2.19. The Morgan fingerprint density at radius 1 is 1.15 bits per heavy atom.